The van der Waals surface area contributed by atoms with Gasteiger partial charge in [0.1, 0.15) is 23.8 Å². The number of ether oxygens (including phenoxy) is 1. The van der Waals surface area contributed by atoms with Crippen molar-refractivity contribution in [3.8, 4) is 17.0 Å². The Hall–Kier alpha value is -4.18. The number of nitrogens with one attached hydrogen (secondary N) is 1. The number of halogens is 8. The van der Waals surface area contributed by atoms with Crippen LogP contribution in [0, 0.1) is 0 Å². The number of rotatable bonds is 5. The minimum absolute atomic E-state index is 0.206. The Labute approximate surface area is 219 Å². The average molecular weight is 580 g/mol. The van der Waals surface area contributed by atoms with Gasteiger partial charge < -0.3 is 20.7 Å². The van der Waals surface area contributed by atoms with Crippen molar-refractivity contribution in [1.82, 2.24) is 24.8 Å². The molecule has 17 heteroatoms. The van der Waals surface area contributed by atoms with Crippen molar-refractivity contribution in [3.05, 3.63) is 41.7 Å². The highest BCUT2D eigenvalue weighted by molar-refractivity contribution is 5.98. The summed E-state index contributed by atoms with van der Waals surface area (Å²) < 4.78 is 114. The van der Waals surface area contributed by atoms with Crippen molar-refractivity contribution >= 4 is 23.1 Å². The highest BCUT2D eigenvalue weighted by Crippen LogP contribution is 2.39. The second-order valence-electron chi connectivity index (χ2n) is 9.38. The maximum atomic E-state index is 14.6. The topological polar surface area (TPSA) is 115 Å². The van der Waals surface area contributed by atoms with Crippen LogP contribution in [-0.2, 0) is 11.0 Å². The highest BCUT2D eigenvalue weighted by atomic mass is 19.4. The van der Waals surface area contributed by atoms with Crippen LogP contribution >= 0.6 is 0 Å². The largest absolute Gasteiger partial charge is 0.573 e. The second kappa shape index (κ2) is 9.78. The third-order valence-corrected chi connectivity index (χ3v) is 5.99. The third kappa shape index (κ3) is 5.72. The molecule has 2 aromatic heterocycles. The maximum absolute atomic E-state index is 14.6. The minimum atomic E-state index is -5.27. The molecule has 0 aliphatic carbocycles. The van der Waals surface area contributed by atoms with Gasteiger partial charge in [-0.1, -0.05) is 0 Å². The molecule has 1 aliphatic heterocycles. The second-order valence-corrected chi connectivity index (χ2v) is 9.38. The van der Waals surface area contributed by atoms with Gasteiger partial charge in [-0.3, -0.25) is 9.59 Å². The van der Waals surface area contributed by atoms with Crippen molar-refractivity contribution in [2.24, 2.45) is 0 Å². The van der Waals surface area contributed by atoms with Gasteiger partial charge in [0, 0.05) is 12.1 Å². The summed E-state index contributed by atoms with van der Waals surface area (Å²) in [4.78, 5) is 29.6. The predicted octanol–water partition coefficient (Wildman–Crippen LogP) is 3.92. The van der Waals surface area contributed by atoms with E-state index in [4.69, 9.17) is 5.73 Å². The van der Waals surface area contributed by atoms with E-state index in [1.165, 1.54) is 0 Å². The molecule has 1 saturated heterocycles. The molecule has 3 aromatic rings. The van der Waals surface area contributed by atoms with Crippen LogP contribution in [0.15, 0.2) is 30.6 Å². The molecular weight excluding hydrogens is 560 g/mol. The van der Waals surface area contributed by atoms with Crippen LogP contribution in [0.4, 0.5) is 40.9 Å². The lowest BCUT2D eigenvalue weighted by atomic mass is 10.1. The Morgan fingerprint density at radius 1 is 1.07 bits per heavy atom. The summed E-state index contributed by atoms with van der Waals surface area (Å²) in [6, 6.07) is 1.64. The molecular formula is C23H20F8N6O3. The number of nitrogens with two attached hydrogens (primary N) is 1. The summed E-state index contributed by atoms with van der Waals surface area (Å²) in [5.41, 5.74) is 0.0673. The lowest BCUT2D eigenvalue weighted by Crippen LogP contribution is -2.44. The Morgan fingerprint density at radius 2 is 1.75 bits per heavy atom. The number of fused-ring (bicyclic) bond motifs is 1. The molecule has 40 heavy (non-hydrogen) atoms. The van der Waals surface area contributed by atoms with Gasteiger partial charge in [0.15, 0.2) is 11.5 Å². The van der Waals surface area contributed by atoms with Crippen LogP contribution in [0.2, 0.25) is 0 Å². The predicted molar refractivity (Wildman–Crippen MR) is 122 cm³/mol. The molecule has 0 unspecified atom stereocenters. The van der Waals surface area contributed by atoms with Gasteiger partial charge in [0.25, 0.3) is 11.8 Å². The fraction of sp³-hybridized carbons (Fsp3) is 0.391. The molecule has 1 fully saturated rings. The summed E-state index contributed by atoms with van der Waals surface area (Å²) in [7, 11) is 0. The lowest BCUT2D eigenvalue weighted by molar-refractivity contribution is -0.274. The van der Waals surface area contributed by atoms with Crippen LogP contribution in [0.3, 0.4) is 0 Å². The van der Waals surface area contributed by atoms with Crippen molar-refractivity contribution in [3.63, 3.8) is 0 Å². The third-order valence-electron chi connectivity index (χ3n) is 5.99. The summed E-state index contributed by atoms with van der Waals surface area (Å²) in [6.45, 7) is 0.840. The zero-order valence-electron chi connectivity index (χ0n) is 20.6. The first-order valence-electron chi connectivity index (χ1n) is 11.4. The quantitative estimate of drug-likeness (QED) is 0.443. The number of alkyl halides is 8. The fourth-order valence-electron chi connectivity index (χ4n) is 4.26. The van der Waals surface area contributed by atoms with E-state index in [2.05, 4.69) is 20.1 Å². The molecule has 0 spiro atoms. The highest BCUT2D eigenvalue weighted by Gasteiger charge is 2.42. The molecule has 2 amide bonds. The molecule has 216 valence electrons. The number of benzene rings is 1. The van der Waals surface area contributed by atoms with Crippen LogP contribution in [0.25, 0.3) is 16.8 Å². The van der Waals surface area contributed by atoms with E-state index in [1.54, 1.807) is 0 Å². The first-order chi connectivity index (χ1) is 18.4. The van der Waals surface area contributed by atoms with Gasteiger partial charge in [0.2, 0.25) is 0 Å². The Bertz CT molecular complexity index is 1460. The van der Waals surface area contributed by atoms with Crippen LogP contribution in [0.5, 0.6) is 5.75 Å². The maximum Gasteiger partial charge on any atom is 0.573 e. The summed E-state index contributed by atoms with van der Waals surface area (Å²) >= 11 is 0. The standard InChI is InChI=1S/C23H20F8N6O3/c1-21(2,25)20(39)36-7-13(24)14(8-36)35-19(38)11-5-10(3-4-16(11)40-23(29,30)31)15-6-12(22(26,27)28)17-18(32)33-9-34-37(15)17/h3-6,9,13-14H,7-8H2,1-2H3,(H,35,38)(H2,32,33,34)/t13-,14+/m0/s1. The number of aromatic nitrogens is 3. The van der Waals surface area contributed by atoms with E-state index < -0.39 is 83.5 Å². The number of amides is 2. The van der Waals surface area contributed by atoms with Gasteiger partial charge in [-0.05, 0) is 38.1 Å². The molecule has 0 saturated carbocycles. The summed E-state index contributed by atoms with van der Waals surface area (Å²) in [5.74, 6) is -3.93. The minimum Gasteiger partial charge on any atom is -0.405 e. The Kier molecular flexibility index (Phi) is 7.04. The molecule has 9 nitrogen and oxygen atoms in total. The van der Waals surface area contributed by atoms with E-state index >= 15 is 0 Å². The molecule has 4 rings (SSSR count). The van der Waals surface area contributed by atoms with Gasteiger partial charge in [-0.2, -0.15) is 18.3 Å². The van der Waals surface area contributed by atoms with Gasteiger partial charge in [-0.15, -0.1) is 13.2 Å². The van der Waals surface area contributed by atoms with Gasteiger partial charge in [0.05, 0.1) is 29.4 Å². The number of likely N-dealkylation sites (tertiary alicyclic amines) is 1. The normalized spacial score (nSPS) is 18.3. The molecule has 1 aliphatic rings. The average Bonchev–Trinajstić information content (AvgIpc) is 3.39. The van der Waals surface area contributed by atoms with Crippen molar-refractivity contribution in [2.45, 2.75) is 44.3 Å². The smallest absolute Gasteiger partial charge is 0.405 e. The van der Waals surface area contributed by atoms with Gasteiger partial charge >= 0.3 is 12.5 Å². The van der Waals surface area contributed by atoms with Crippen molar-refractivity contribution in [2.75, 3.05) is 18.8 Å². The molecule has 0 bridgehead atoms. The number of carbonyl (C=O) groups excluding carboxylic acids is 2. The molecule has 1 aromatic carbocycles. The van der Waals surface area contributed by atoms with E-state index in [9.17, 15) is 44.7 Å². The molecule has 3 heterocycles. The van der Waals surface area contributed by atoms with E-state index in [-0.39, 0.29) is 11.3 Å². The van der Waals surface area contributed by atoms with Crippen LogP contribution < -0.4 is 15.8 Å². The van der Waals surface area contributed by atoms with Crippen molar-refractivity contribution in [1.29, 1.82) is 0 Å². The summed E-state index contributed by atoms with van der Waals surface area (Å²) in [5, 5.41) is 5.89. The number of nitrogens with zero attached hydrogens (tertiary/aromatic N) is 4. The number of hydrogen-bond donors (Lipinski definition) is 2. The molecule has 0 radical (unpaired) electrons. The monoisotopic (exact) mass is 580 g/mol. The zero-order valence-corrected chi connectivity index (χ0v) is 20.6. The Balaban J connectivity index is 1.75. The summed E-state index contributed by atoms with van der Waals surface area (Å²) in [6.07, 6.45) is -11.2. The number of anilines is 1. The fourth-order valence-corrected chi connectivity index (χ4v) is 4.26. The molecule has 2 atom stereocenters. The van der Waals surface area contributed by atoms with E-state index in [1.807, 2.05) is 0 Å². The van der Waals surface area contributed by atoms with E-state index in [0.29, 0.717) is 12.1 Å². The number of nitrogen functional groups attached to an aromatic ring is 1. The lowest BCUT2D eigenvalue weighted by Gasteiger charge is -2.22. The first-order valence-corrected chi connectivity index (χ1v) is 11.4. The first kappa shape index (κ1) is 28.8. The van der Waals surface area contributed by atoms with E-state index in [0.717, 1.165) is 41.7 Å². The number of carbonyl (C=O) groups is 2. The Morgan fingerprint density at radius 3 is 2.35 bits per heavy atom. The SMILES string of the molecule is CC(C)(F)C(=O)N1C[C@H](F)[C@H](NC(=O)c2cc(-c3cc(C(F)(F)F)c4c(N)ncnn34)ccc2OC(F)(F)F)C1. The van der Waals surface area contributed by atoms with Gasteiger partial charge in [-0.25, -0.2) is 18.3 Å². The van der Waals surface area contributed by atoms with Crippen LogP contribution in [-0.4, -0.2) is 68.6 Å². The van der Waals surface area contributed by atoms with Crippen molar-refractivity contribution < 1.29 is 49.4 Å². The van der Waals surface area contributed by atoms with Crippen LogP contribution in [0.1, 0.15) is 29.8 Å². The zero-order chi connectivity index (χ0) is 29.8. The number of hydrogen-bond acceptors (Lipinski definition) is 6. The molecule has 3 N–H and O–H groups in total.